The summed E-state index contributed by atoms with van der Waals surface area (Å²) in [5, 5.41) is 8.73. The fraction of sp³-hybridized carbons (Fsp3) is 0.438. The van der Waals surface area contributed by atoms with Crippen LogP contribution in [0.2, 0.25) is 0 Å². The summed E-state index contributed by atoms with van der Waals surface area (Å²) in [4.78, 5) is 12.7. The molecule has 0 atom stereocenters. The molecule has 108 valence electrons. The molecule has 0 spiro atoms. The van der Waals surface area contributed by atoms with Crippen molar-refractivity contribution >= 4 is 17.7 Å². The minimum Gasteiger partial charge on any atom is -0.478 e. The van der Waals surface area contributed by atoms with Gasteiger partial charge in [-0.05, 0) is 37.8 Å². The molecule has 20 heavy (non-hydrogen) atoms. The number of anilines is 1. The van der Waals surface area contributed by atoms with E-state index in [9.17, 15) is 9.18 Å². The Bertz CT molecular complexity index is 509. The predicted molar refractivity (Wildman–Crippen MR) is 78.3 cm³/mol. The predicted octanol–water partition coefficient (Wildman–Crippen LogP) is 3.55. The molecular weight excluding hydrogens is 257 g/mol. The van der Waals surface area contributed by atoms with Crippen molar-refractivity contribution in [3.05, 3.63) is 35.7 Å². The molecule has 0 aromatic heterocycles. The van der Waals surface area contributed by atoms with E-state index in [0.29, 0.717) is 23.7 Å². The fourth-order valence-electron chi connectivity index (χ4n) is 2.53. The third-order valence-electron chi connectivity index (χ3n) is 3.82. The lowest BCUT2D eigenvalue weighted by molar-refractivity contribution is -0.131. The van der Waals surface area contributed by atoms with Crippen molar-refractivity contribution in [1.82, 2.24) is 0 Å². The highest BCUT2D eigenvalue weighted by Crippen LogP contribution is 2.32. The van der Waals surface area contributed by atoms with Gasteiger partial charge >= 0.3 is 5.97 Å². The summed E-state index contributed by atoms with van der Waals surface area (Å²) in [6, 6.07) is 4.79. The van der Waals surface area contributed by atoms with Gasteiger partial charge in [0.25, 0.3) is 0 Å². The van der Waals surface area contributed by atoms with Gasteiger partial charge in [-0.1, -0.05) is 18.6 Å². The maximum Gasteiger partial charge on any atom is 0.328 e. The number of para-hydroxylation sites is 1. The van der Waals surface area contributed by atoms with Crippen LogP contribution in [0.3, 0.4) is 0 Å². The second kappa shape index (κ2) is 6.55. The Labute approximate surface area is 118 Å². The van der Waals surface area contributed by atoms with Crippen molar-refractivity contribution in [2.75, 3.05) is 18.0 Å². The Morgan fingerprint density at radius 1 is 1.50 bits per heavy atom. The van der Waals surface area contributed by atoms with Gasteiger partial charge in [0.15, 0.2) is 0 Å². The van der Waals surface area contributed by atoms with E-state index >= 15 is 0 Å². The molecule has 1 aromatic rings. The van der Waals surface area contributed by atoms with Crippen molar-refractivity contribution in [3.63, 3.8) is 0 Å². The highest BCUT2D eigenvalue weighted by Gasteiger charge is 2.22. The number of hydrogen-bond donors (Lipinski definition) is 1. The summed E-state index contributed by atoms with van der Waals surface area (Å²) in [6.07, 6.45) is 6.17. The van der Waals surface area contributed by atoms with Crippen LogP contribution in [0.15, 0.2) is 24.3 Å². The molecule has 1 aliphatic carbocycles. The molecule has 1 saturated carbocycles. The van der Waals surface area contributed by atoms with Gasteiger partial charge in [0.2, 0.25) is 0 Å². The van der Waals surface area contributed by atoms with Gasteiger partial charge in [0.05, 0.1) is 5.69 Å². The molecule has 1 aromatic carbocycles. The number of nitrogens with zero attached hydrogens (tertiary/aromatic N) is 1. The van der Waals surface area contributed by atoms with Crippen LogP contribution in [-0.2, 0) is 4.79 Å². The van der Waals surface area contributed by atoms with E-state index in [1.54, 1.807) is 12.1 Å². The Morgan fingerprint density at radius 3 is 2.80 bits per heavy atom. The van der Waals surface area contributed by atoms with E-state index in [1.165, 1.54) is 31.4 Å². The van der Waals surface area contributed by atoms with Crippen molar-refractivity contribution in [2.45, 2.75) is 26.2 Å². The zero-order valence-corrected chi connectivity index (χ0v) is 11.7. The molecule has 1 aliphatic rings. The number of aliphatic carboxylic acids is 1. The van der Waals surface area contributed by atoms with Crippen molar-refractivity contribution < 1.29 is 14.3 Å². The van der Waals surface area contributed by atoms with E-state index in [1.807, 2.05) is 11.8 Å². The SMILES string of the molecule is CCN(CC1CCC1)c1c(F)cccc1/C=C/C(=O)O. The lowest BCUT2D eigenvalue weighted by Gasteiger charge is -2.34. The second-order valence-corrected chi connectivity index (χ2v) is 5.18. The Morgan fingerprint density at radius 2 is 2.25 bits per heavy atom. The maximum atomic E-state index is 14.2. The average Bonchev–Trinajstić information content (AvgIpc) is 2.36. The van der Waals surface area contributed by atoms with Crippen LogP contribution >= 0.6 is 0 Å². The summed E-state index contributed by atoms with van der Waals surface area (Å²) in [6.45, 7) is 3.55. The number of rotatable bonds is 6. The third-order valence-corrected chi connectivity index (χ3v) is 3.82. The number of carbonyl (C=O) groups is 1. The lowest BCUT2D eigenvalue weighted by atomic mass is 9.85. The number of carboxylic acids is 1. The highest BCUT2D eigenvalue weighted by molar-refractivity contribution is 5.87. The Balaban J connectivity index is 2.28. The first kappa shape index (κ1) is 14.6. The van der Waals surface area contributed by atoms with E-state index in [2.05, 4.69) is 0 Å². The summed E-state index contributed by atoms with van der Waals surface area (Å²) < 4.78 is 14.2. The number of halogens is 1. The molecule has 0 saturated heterocycles. The smallest absolute Gasteiger partial charge is 0.328 e. The normalized spacial score (nSPS) is 15.3. The topological polar surface area (TPSA) is 40.5 Å². The molecule has 0 amide bonds. The van der Waals surface area contributed by atoms with Gasteiger partial charge in [0.1, 0.15) is 5.82 Å². The van der Waals surface area contributed by atoms with Crippen molar-refractivity contribution in [2.24, 2.45) is 5.92 Å². The summed E-state index contributed by atoms with van der Waals surface area (Å²) in [7, 11) is 0. The summed E-state index contributed by atoms with van der Waals surface area (Å²) in [5.74, 6) is -0.688. The van der Waals surface area contributed by atoms with E-state index in [-0.39, 0.29) is 5.82 Å². The molecular formula is C16H20FNO2. The quantitative estimate of drug-likeness (QED) is 0.808. The molecule has 0 radical (unpaired) electrons. The van der Waals surface area contributed by atoms with Crippen molar-refractivity contribution in [3.8, 4) is 0 Å². The molecule has 4 heteroatoms. The lowest BCUT2D eigenvalue weighted by Crippen LogP contribution is -2.33. The standard InChI is InChI=1S/C16H20FNO2/c1-2-18(11-12-5-3-6-12)16-13(9-10-15(19)20)7-4-8-14(16)17/h4,7-10,12H,2-3,5-6,11H2,1H3,(H,19,20)/b10-9+. The van der Waals surface area contributed by atoms with Gasteiger partial charge in [0, 0.05) is 24.7 Å². The van der Waals surface area contributed by atoms with Gasteiger partial charge in [-0.2, -0.15) is 0 Å². The number of hydrogen-bond acceptors (Lipinski definition) is 2. The minimum absolute atomic E-state index is 0.293. The molecule has 0 unspecified atom stereocenters. The molecule has 1 fully saturated rings. The van der Waals surface area contributed by atoms with Crippen LogP contribution in [0.5, 0.6) is 0 Å². The average molecular weight is 277 g/mol. The van der Waals surface area contributed by atoms with E-state index in [4.69, 9.17) is 5.11 Å². The largest absolute Gasteiger partial charge is 0.478 e. The number of carboxylic acid groups (broad SMARTS) is 1. The van der Waals surface area contributed by atoms with Crippen LogP contribution in [0, 0.1) is 11.7 Å². The van der Waals surface area contributed by atoms with Gasteiger partial charge in [-0.15, -0.1) is 0 Å². The van der Waals surface area contributed by atoms with Gasteiger partial charge in [-0.25, -0.2) is 9.18 Å². The molecule has 0 bridgehead atoms. The van der Waals surface area contributed by atoms with Crippen LogP contribution in [0.1, 0.15) is 31.7 Å². The van der Waals surface area contributed by atoms with E-state index in [0.717, 1.165) is 12.6 Å². The first-order valence-electron chi connectivity index (χ1n) is 7.06. The summed E-state index contributed by atoms with van der Waals surface area (Å²) in [5.41, 5.74) is 1.13. The maximum absolute atomic E-state index is 14.2. The van der Waals surface area contributed by atoms with Crippen LogP contribution in [0.25, 0.3) is 6.08 Å². The number of benzene rings is 1. The minimum atomic E-state index is -1.03. The molecule has 0 aliphatic heterocycles. The highest BCUT2D eigenvalue weighted by atomic mass is 19.1. The monoisotopic (exact) mass is 277 g/mol. The van der Waals surface area contributed by atoms with Gasteiger partial charge < -0.3 is 10.0 Å². The Hall–Kier alpha value is -1.84. The molecule has 3 nitrogen and oxygen atoms in total. The van der Waals surface area contributed by atoms with Gasteiger partial charge in [-0.3, -0.25) is 0 Å². The molecule has 1 N–H and O–H groups in total. The molecule has 0 heterocycles. The summed E-state index contributed by atoms with van der Waals surface area (Å²) >= 11 is 0. The first-order valence-corrected chi connectivity index (χ1v) is 7.06. The van der Waals surface area contributed by atoms with Crippen LogP contribution < -0.4 is 4.90 Å². The second-order valence-electron chi connectivity index (χ2n) is 5.18. The third kappa shape index (κ3) is 3.38. The van der Waals surface area contributed by atoms with Crippen molar-refractivity contribution in [1.29, 1.82) is 0 Å². The van der Waals surface area contributed by atoms with Crippen LogP contribution in [0.4, 0.5) is 10.1 Å². The Kier molecular flexibility index (Phi) is 4.77. The first-order chi connectivity index (χ1) is 9.61. The van der Waals surface area contributed by atoms with Crippen LogP contribution in [-0.4, -0.2) is 24.2 Å². The fourth-order valence-corrected chi connectivity index (χ4v) is 2.53. The zero-order chi connectivity index (χ0) is 14.5. The molecule has 2 rings (SSSR count). The zero-order valence-electron chi connectivity index (χ0n) is 11.7. The van der Waals surface area contributed by atoms with E-state index < -0.39 is 5.97 Å².